The predicted molar refractivity (Wildman–Crippen MR) is 80.2 cm³/mol. The normalized spacial score (nSPS) is 29.1. The quantitative estimate of drug-likeness (QED) is 0.893. The highest BCUT2D eigenvalue weighted by atomic mass is 16.2. The molecule has 108 valence electrons. The Morgan fingerprint density at radius 1 is 1.20 bits per heavy atom. The lowest BCUT2D eigenvalue weighted by Gasteiger charge is -2.24. The van der Waals surface area contributed by atoms with E-state index in [2.05, 4.69) is 22.3 Å². The van der Waals surface area contributed by atoms with Gasteiger partial charge in [-0.2, -0.15) is 0 Å². The minimum Gasteiger partial charge on any atom is -0.348 e. The molecule has 3 nitrogen and oxygen atoms in total. The molecule has 0 radical (unpaired) electrons. The van der Waals surface area contributed by atoms with Crippen LogP contribution in [0.2, 0.25) is 0 Å². The van der Waals surface area contributed by atoms with Gasteiger partial charge in [0.1, 0.15) is 0 Å². The summed E-state index contributed by atoms with van der Waals surface area (Å²) >= 11 is 0. The number of nitrogens with one attached hydrogen (secondary N) is 1. The lowest BCUT2D eigenvalue weighted by Crippen LogP contribution is -2.38. The zero-order valence-electron chi connectivity index (χ0n) is 12.4. The minimum absolute atomic E-state index is 0.0932. The van der Waals surface area contributed by atoms with Gasteiger partial charge in [-0.05, 0) is 50.8 Å². The Hall–Kier alpha value is -1.35. The van der Waals surface area contributed by atoms with Crippen molar-refractivity contribution in [3.63, 3.8) is 0 Å². The van der Waals surface area contributed by atoms with Crippen molar-refractivity contribution < 1.29 is 4.79 Å². The van der Waals surface area contributed by atoms with E-state index in [1.54, 1.807) is 0 Å². The summed E-state index contributed by atoms with van der Waals surface area (Å²) in [5.41, 5.74) is 1.19. The van der Waals surface area contributed by atoms with Crippen LogP contribution < -0.4 is 5.32 Å². The van der Waals surface area contributed by atoms with E-state index in [1.807, 2.05) is 32.3 Å². The number of hydrogen-bond donors (Lipinski definition) is 1. The van der Waals surface area contributed by atoms with Crippen LogP contribution in [0.5, 0.6) is 0 Å². The molecule has 3 atom stereocenters. The third kappa shape index (κ3) is 3.04. The molecule has 0 saturated heterocycles. The van der Waals surface area contributed by atoms with Gasteiger partial charge >= 0.3 is 0 Å². The highest BCUT2D eigenvalue weighted by Gasteiger charge is 2.48. The van der Waals surface area contributed by atoms with Crippen molar-refractivity contribution in [2.24, 2.45) is 17.8 Å². The molecule has 3 unspecified atom stereocenters. The van der Waals surface area contributed by atoms with Gasteiger partial charge in [-0.3, -0.25) is 4.79 Å². The van der Waals surface area contributed by atoms with Crippen LogP contribution >= 0.6 is 0 Å². The molecule has 2 aliphatic rings. The Morgan fingerprint density at radius 3 is 2.45 bits per heavy atom. The Bertz CT molecular complexity index is 461. The fourth-order valence-electron chi connectivity index (χ4n) is 3.50. The first-order valence-electron chi connectivity index (χ1n) is 7.63. The van der Waals surface area contributed by atoms with Crippen molar-refractivity contribution in [3.8, 4) is 0 Å². The fourth-order valence-corrected chi connectivity index (χ4v) is 3.50. The van der Waals surface area contributed by atoms with Crippen LogP contribution in [-0.4, -0.2) is 31.4 Å². The van der Waals surface area contributed by atoms with Crippen molar-refractivity contribution in [1.29, 1.82) is 0 Å². The van der Waals surface area contributed by atoms with Crippen molar-refractivity contribution >= 4 is 5.91 Å². The number of rotatable bonds is 5. The molecule has 0 aliphatic heterocycles. The molecule has 0 heterocycles. The van der Waals surface area contributed by atoms with Crippen molar-refractivity contribution in [2.75, 3.05) is 20.6 Å². The average Bonchev–Trinajstić information content (AvgIpc) is 3.05. The highest BCUT2D eigenvalue weighted by molar-refractivity contribution is 5.79. The largest absolute Gasteiger partial charge is 0.348 e. The molecule has 0 bridgehead atoms. The van der Waals surface area contributed by atoms with E-state index in [-0.39, 0.29) is 17.9 Å². The molecule has 2 fully saturated rings. The van der Waals surface area contributed by atoms with Gasteiger partial charge in [-0.15, -0.1) is 0 Å². The first-order valence-corrected chi connectivity index (χ1v) is 7.63. The Labute approximate surface area is 121 Å². The summed E-state index contributed by atoms with van der Waals surface area (Å²) in [6, 6.07) is 10.4. The Balaban J connectivity index is 1.65. The van der Waals surface area contributed by atoms with E-state index in [9.17, 15) is 4.79 Å². The number of carbonyl (C=O) groups is 1. The maximum atomic E-state index is 12.4. The summed E-state index contributed by atoms with van der Waals surface area (Å²) in [5.74, 6) is 2.23. The molecule has 20 heavy (non-hydrogen) atoms. The second-order valence-corrected chi connectivity index (χ2v) is 6.66. The van der Waals surface area contributed by atoms with Gasteiger partial charge in [0.05, 0.1) is 6.04 Å². The van der Waals surface area contributed by atoms with Gasteiger partial charge in [0.15, 0.2) is 0 Å². The third-order valence-corrected chi connectivity index (χ3v) is 4.68. The number of carbonyl (C=O) groups excluding carboxylic acids is 1. The summed E-state index contributed by atoms with van der Waals surface area (Å²) in [6.45, 7) is 0.843. The monoisotopic (exact) mass is 272 g/mol. The maximum absolute atomic E-state index is 12.4. The summed E-state index contributed by atoms with van der Waals surface area (Å²) in [6.07, 6.45) is 3.59. The summed E-state index contributed by atoms with van der Waals surface area (Å²) in [4.78, 5) is 14.6. The van der Waals surface area contributed by atoms with Crippen LogP contribution in [0.4, 0.5) is 0 Å². The van der Waals surface area contributed by atoms with Crippen LogP contribution in [0.3, 0.4) is 0 Å². The van der Waals surface area contributed by atoms with Crippen LogP contribution in [0, 0.1) is 17.8 Å². The molecule has 1 amide bonds. The number of nitrogens with zero attached hydrogens (tertiary/aromatic N) is 1. The van der Waals surface area contributed by atoms with Crippen LogP contribution in [0.25, 0.3) is 0 Å². The van der Waals surface area contributed by atoms with Gasteiger partial charge in [0.2, 0.25) is 5.91 Å². The topological polar surface area (TPSA) is 32.3 Å². The Kier molecular flexibility index (Phi) is 3.79. The van der Waals surface area contributed by atoms with E-state index in [1.165, 1.54) is 12.0 Å². The van der Waals surface area contributed by atoms with Crippen LogP contribution in [-0.2, 0) is 4.79 Å². The van der Waals surface area contributed by atoms with E-state index in [0.717, 1.165) is 31.2 Å². The molecule has 0 spiro atoms. The second kappa shape index (κ2) is 5.57. The fraction of sp³-hybridized carbons (Fsp3) is 0.588. The minimum atomic E-state index is 0.0932. The molecule has 3 rings (SSSR count). The SMILES string of the molecule is CN(C)CC(NC(=O)C1CC2CC2C1)c1ccccc1. The number of hydrogen-bond acceptors (Lipinski definition) is 2. The second-order valence-electron chi connectivity index (χ2n) is 6.66. The van der Waals surface area contributed by atoms with Gasteiger partial charge in [0, 0.05) is 12.5 Å². The number of amides is 1. The molecule has 1 aromatic carbocycles. The van der Waals surface area contributed by atoms with Gasteiger partial charge in [-0.25, -0.2) is 0 Å². The average molecular weight is 272 g/mol. The standard InChI is InChI=1S/C17H24N2O/c1-19(2)11-16(12-6-4-3-5-7-12)18-17(20)15-9-13-8-14(13)10-15/h3-7,13-16H,8-11H2,1-2H3,(H,18,20). The molecule has 3 heteroatoms. The summed E-state index contributed by atoms with van der Waals surface area (Å²) in [5, 5.41) is 3.27. The first kappa shape index (κ1) is 13.6. The lowest BCUT2D eigenvalue weighted by molar-refractivity contribution is -0.126. The first-order chi connectivity index (χ1) is 9.63. The van der Waals surface area contributed by atoms with Crippen LogP contribution in [0.1, 0.15) is 30.9 Å². The maximum Gasteiger partial charge on any atom is 0.223 e. The number of likely N-dealkylation sites (N-methyl/N-ethyl adjacent to an activating group) is 1. The molecule has 2 aliphatic carbocycles. The predicted octanol–water partition coefficient (Wildman–Crippen LogP) is 2.45. The number of benzene rings is 1. The molecule has 1 aromatic rings. The highest BCUT2D eigenvalue weighted by Crippen LogP contribution is 2.54. The van der Waals surface area contributed by atoms with E-state index in [0.29, 0.717) is 0 Å². The lowest BCUT2D eigenvalue weighted by atomic mass is 10.0. The molecule has 0 aromatic heterocycles. The Morgan fingerprint density at radius 2 is 1.85 bits per heavy atom. The molecule has 2 saturated carbocycles. The zero-order valence-corrected chi connectivity index (χ0v) is 12.4. The van der Waals surface area contributed by atoms with E-state index in [4.69, 9.17) is 0 Å². The molecular formula is C17H24N2O. The molecule has 1 N–H and O–H groups in total. The van der Waals surface area contributed by atoms with Crippen molar-refractivity contribution in [2.45, 2.75) is 25.3 Å². The van der Waals surface area contributed by atoms with Crippen LogP contribution in [0.15, 0.2) is 30.3 Å². The van der Waals surface area contributed by atoms with Gasteiger partial charge in [-0.1, -0.05) is 30.3 Å². The van der Waals surface area contributed by atoms with Gasteiger partial charge in [0.25, 0.3) is 0 Å². The zero-order chi connectivity index (χ0) is 14.1. The number of fused-ring (bicyclic) bond motifs is 1. The third-order valence-electron chi connectivity index (χ3n) is 4.68. The van der Waals surface area contributed by atoms with E-state index < -0.39 is 0 Å². The smallest absolute Gasteiger partial charge is 0.223 e. The van der Waals surface area contributed by atoms with Gasteiger partial charge < -0.3 is 10.2 Å². The summed E-state index contributed by atoms with van der Waals surface area (Å²) < 4.78 is 0. The van der Waals surface area contributed by atoms with Crippen molar-refractivity contribution in [1.82, 2.24) is 10.2 Å². The summed E-state index contributed by atoms with van der Waals surface area (Å²) in [7, 11) is 4.10. The van der Waals surface area contributed by atoms with Crippen molar-refractivity contribution in [3.05, 3.63) is 35.9 Å². The molecular weight excluding hydrogens is 248 g/mol. The van der Waals surface area contributed by atoms with E-state index >= 15 is 0 Å².